The van der Waals surface area contributed by atoms with Gasteiger partial charge in [-0.25, -0.2) is 0 Å². The smallest absolute Gasteiger partial charge is 0.184 e. The molecule has 0 aliphatic heterocycles. The summed E-state index contributed by atoms with van der Waals surface area (Å²) < 4.78 is 0. The van der Waals surface area contributed by atoms with Crippen molar-refractivity contribution in [2.24, 2.45) is 10.8 Å². The number of pyridine rings is 1. The van der Waals surface area contributed by atoms with Gasteiger partial charge in [0, 0.05) is 6.20 Å². The van der Waals surface area contributed by atoms with Crippen LogP contribution in [0, 0.1) is 0 Å². The zero-order valence-electron chi connectivity index (χ0n) is 6.57. The average molecular weight is 215 g/mol. The van der Waals surface area contributed by atoms with Crippen LogP contribution in [-0.2, 0) is 0 Å². The van der Waals surface area contributed by atoms with Crippen LogP contribution >= 0.6 is 23.8 Å². The standard InChI is InChI=1S/C7H7ClN4S/c8-5-1-2-6(10-3-5)4-11-12-7(9)13/h1-4H,(H3,9,12,13)/b11-4-. The molecule has 0 amide bonds. The van der Waals surface area contributed by atoms with Crippen molar-refractivity contribution in [2.45, 2.75) is 0 Å². The lowest BCUT2D eigenvalue weighted by molar-refractivity contribution is 1.04. The van der Waals surface area contributed by atoms with E-state index < -0.39 is 0 Å². The molecule has 0 aliphatic carbocycles. The molecule has 4 nitrogen and oxygen atoms in total. The number of halogens is 1. The van der Waals surface area contributed by atoms with Crippen molar-refractivity contribution in [1.29, 1.82) is 0 Å². The van der Waals surface area contributed by atoms with E-state index in [4.69, 9.17) is 17.3 Å². The van der Waals surface area contributed by atoms with Crippen LogP contribution in [-0.4, -0.2) is 16.3 Å². The third-order valence-electron chi connectivity index (χ3n) is 1.12. The van der Waals surface area contributed by atoms with E-state index >= 15 is 0 Å². The van der Waals surface area contributed by atoms with Crippen LogP contribution in [0.2, 0.25) is 5.02 Å². The van der Waals surface area contributed by atoms with E-state index in [-0.39, 0.29) is 5.11 Å². The van der Waals surface area contributed by atoms with E-state index in [9.17, 15) is 0 Å². The molecule has 0 aliphatic rings. The van der Waals surface area contributed by atoms with Gasteiger partial charge in [0.2, 0.25) is 0 Å². The summed E-state index contributed by atoms with van der Waals surface area (Å²) in [7, 11) is 0. The van der Waals surface area contributed by atoms with E-state index in [1.807, 2.05) is 0 Å². The van der Waals surface area contributed by atoms with Gasteiger partial charge in [0.1, 0.15) is 0 Å². The zero-order chi connectivity index (χ0) is 9.68. The molecule has 1 rings (SSSR count). The molecule has 0 atom stereocenters. The Morgan fingerprint density at radius 2 is 2.46 bits per heavy atom. The topological polar surface area (TPSA) is 63.3 Å². The van der Waals surface area contributed by atoms with Crippen molar-refractivity contribution in [3.63, 3.8) is 0 Å². The molecular formula is C7H7ClN4S. The molecule has 1 aromatic rings. The maximum Gasteiger partial charge on any atom is 0.184 e. The summed E-state index contributed by atoms with van der Waals surface area (Å²) in [5.41, 5.74) is 8.23. The van der Waals surface area contributed by atoms with Gasteiger partial charge in [-0.3, -0.25) is 10.4 Å². The third-order valence-corrected chi connectivity index (χ3v) is 1.44. The molecule has 0 saturated heterocycles. The first-order valence-corrected chi connectivity index (χ1v) is 4.17. The third kappa shape index (κ3) is 3.82. The molecular weight excluding hydrogens is 208 g/mol. The van der Waals surface area contributed by atoms with Crippen LogP contribution in [0.5, 0.6) is 0 Å². The lowest BCUT2D eigenvalue weighted by atomic mass is 10.4. The quantitative estimate of drug-likeness (QED) is 0.436. The Bertz CT molecular complexity index is 322. The van der Waals surface area contributed by atoms with Gasteiger partial charge >= 0.3 is 0 Å². The monoisotopic (exact) mass is 214 g/mol. The molecule has 68 valence electrons. The summed E-state index contributed by atoms with van der Waals surface area (Å²) in [5.74, 6) is 0. The number of nitrogens with one attached hydrogen (secondary N) is 1. The molecule has 0 bridgehead atoms. The molecule has 0 aromatic carbocycles. The molecule has 0 saturated carbocycles. The van der Waals surface area contributed by atoms with E-state index in [1.165, 1.54) is 12.4 Å². The van der Waals surface area contributed by atoms with Crippen molar-refractivity contribution in [3.05, 3.63) is 29.0 Å². The molecule has 0 spiro atoms. The second-order valence-corrected chi connectivity index (χ2v) is 3.01. The van der Waals surface area contributed by atoms with E-state index in [0.717, 1.165) is 0 Å². The average Bonchev–Trinajstić information content (AvgIpc) is 2.08. The lowest BCUT2D eigenvalue weighted by Gasteiger charge is -1.94. The molecule has 1 aromatic heterocycles. The maximum atomic E-state index is 5.63. The largest absolute Gasteiger partial charge is 0.375 e. The van der Waals surface area contributed by atoms with Crippen LogP contribution in [0.15, 0.2) is 23.4 Å². The highest BCUT2D eigenvalue weighted by Crippen LogP contribution is 2.04. The minimum absolute atomic E-state index is 0.116. The first-order chi connectivity index (χ1) is 6.18. The van der Waals surface area contributed by atoms with E-state index in [1.54, 1.807) is 12.1 Å². The number of rotatable bonds is 2. The Balaban J connectivity index is 2.59. The molecule has 13 heavy (non-hydrogen) atoms. The normalized spacial score (nSPS) is 10.2. The first kappa shape index (κ1) is 9.88. The SMILES string of the molecule is NC(=S)N/N=C\c1ccc(Cl)cn1. The van der Waals surface area contributed by atoms with Gasteiger partial charge in [-0.2, -0.15) is 5.10 Å². The van der Waals surface area contributed by atoms with E-state index in [2.05, 4.69) is 27.7 Å². The van der Waals surface area contributed by atoms with Crippen LogP contribution < -0.4 is 11.2 Å². The van der Waals surface area contributed by atoms with Crippen molar-refractivity contribution < 1.29 is 0 Å². The van der Waals surface area contributed by atoms with E-state index in [0.29, 0.717) is 10.7 Å². The predicted octanol–water partition coefficient (Wildman–Crippen LogP) is 0.902. The molecule has 3 N–H and O–H groups in total. The number of hydrogen-bond acceptors (Lipinski definition) is 3. The van der Waals surface area contributed by atoms with Gasteiger partial charge in [-0.1, -0.05) is 11.6 Å². The van der Waals surface area contributed by atoms with Crippen molar-refractivity contribution in [2.75, 3.05) is 0 Å². The van der Waals surface area contributed by atoms with Crippen LogP contribution in [0.25, 0.3) is 0 Å². The zero-order valence-corrected chi connectivity index (χ0v) is 8.14. The Morgan fingerprint density at radius 3 is 3.00 bits per heavy atom. The Morgan fingerprint density at radius 1 is 1.69 bits per heavy atom. The van der Waals surface area contributed by atoms with Gasteiger partial charge in [0.05, 0.1) is 16.9 Å². The molecule has 6 heteroatoms. The number of hydrogen-bond donors (Lipinski definition) is 2. The number of hydrazone groups is 1. The highest BCUT2D eigenvalue weighted by molar-refractivity contribution is 7.80. The summed E-state index contributed by atoms with van der Waals surface area (Å²) in [6.45, 7) is 0. The second-order valence-electron chi connectivity index (χ2n) is 2.14. The molecule has 0 radical (unpaired) electrons. The van der Waals surface area contributed by atoms with Gasteiger partial charge in [-0.05, 0) is 24.4 Å². The predicted molar refractivity (Wildman–Crippen MR) is 56.8 cm³/mol. The number of aromatic nitrogens is 1. The summed E-state index contributed by atoms with van der Waals surface area (Å²) in [5, 5.41) is 4.42. The van der Waals surface area contributed by atoms with Gasteiger partial charge < -0.3 is 5.73 Å². The fraction of sp³-hybridized carbons (Fsp3) is 0. The van der Waals surface area contributed by atoms with Gasteiger partial charge in [0.25, 0.3) is 0 Å². The number of thiocarbonyl (C=S) groups is 1. The fourth-order valence-corrected chi connectivity index (χ4v) is 0.790. The summed E-state index contributed by atoms with van der Waals surface area (Å²) >= 11 is 10.2. The molecule has 0 fully saturated rings. The van der Waals surface area contributed by atoms with Crippen LogP contribution in [0.1, 0.15) is 5.69 Å². The van der Waals surface area contributed by atoms with Crippen molar-refractivity contribution in [3.8, 4) is 0 Å². The molecule has 0 unspecified atom stereocenters. The highest BCUT2D eigenvalue weighted by Gasteiger charge is 1.89. The highest BCUT2D eigenvalue weighted by atomic mass is 35.5. The van der Waals surface area contributed by atoms with Crippen LogP contribution in [0.3, 0.4) is 0 Å². The second kappa shape index (κ2) is 4.74. The lowest BCUT2D eigenvalue weighted by Crippen LogP contribution is -2.24. The minimum Gasteiger partial charge on any atom is -0.375 e. The fourth-order valence-electron chi connectivity index (χ4n) is 0.626. The van der Waals surface area contributed by atoms with Crippen molar-refractivity contribution in [1.82, 2.24) is 10.4 Å². The maximum absolute atomic E-state index is 5.63. The Labute approximate surface area is 85.8 Å². The van der Waals surface area contributed by atoms with Crippen molar-refractivity contribution >= 4 is 35.1 Å². The van der Waals surface area contributed by atoms with Crippen LogP contribution in [0.4, 0.5) is 0 Å². The summed E-state index contributed by atoms with van der Waals surface area (Å²) in [6, 6.07) is 3.45. The van der Waals surface area contributed by atoms with Gasteiger partial charge in [0.15, 0.2) is 5.11 Å². The van der Waals surface area contributed by atoms with Gasteiger partial charge in [-0.15, -0.1) is 0 Å². The minimum atomic E-state index is 0.116. The number of nitrogens with zero attached hydrogens (tertiary/aromatic N) is 2. The first-order valence-electron chi connectivity index (χ1n) is 3.38. The summed E-state index contributed by atoms with van der Waals surface area (Å²) in [6.07, 6.45) is 3.03. The summed E-state index contributed by atoms with van der Waals surface area (Å²) in [4.78, 5) is 3.97. The Kier molecular flexibility index (Phi) is 3.60. The Hall–Kier alpha value is -1.20. The number of nitrogens with two attached hydrogens (primary N) is 1. The molecule has 1 heterocycles.